The van der Waals surface area contributed by atoms with Crippen LogP contribution in [0.4, 0.5) is 0 Å². The van der Waals surface area contributed by atoms with Gasteiger partial charge in [0.2, 0.25) is 16.9 Å². The third kappa shape index (κ3) is 3.52. The molecule has 9 heteroatoms. The van der Waals surface area contributed by atoms with Gasteiger partial charge in [0.15, 0.2) is 40.1 Å². The van der Waals surface area contributed by atoms with Crippen LogP contribution >= 0.6 is 0 Å². The van der Waals surface area contributed by atoms with Crippen LogP contribution in [-0.4, -0.2) is 49.8 Å². The van der Waals surface area contributed by atoms with Crippen molar-refractivity contribution >= 4 is 11.0 Å². The van der Waals surface area contributed by atoms with Gasteiger partial charge in [-0.3, -0.25) is 4.79 Å². The zero-order valence-electron chi connectivity index (χ0n) is 18.4. The van der Waals surface area contributed by atoms with Crippen LogP contribution in [0.3, 0.4) is 0 Å². The molecule has 1 aromatic heterocycles. The van der Waals surface area contributed by atoms with Crippen LogP contribution in [-0.2, 0) is 0 Å². The third-order valence-corrected chi connectivity index (χ3v) is 4.78. The summed E-state index contributed by atoms with van der Waals surface area (Å²) in [5.41, 5.74) is 0.193. The minimum atomic E-state index is -0.457. The quantitative estimate of drug-likeness (QED) is 0.530. The average Bonchev–Trinajstić information content (AvgIpc) is 2.81. The van der Waals surface area contributed by atoms with E-state index in [0.29, 0.717) is 34.3 Å². The Morgan fingerprint density at radius 2 is 1.06 bits per heavy atom. The van der Waals surface area contributed by atoms with Crippen molar-refractivity contribution in [1.29, 1.82) is 0 Å². The molecule has 3 rings (SSSR count). The SMILES string of the molecule is COc1cc(-c2oc3c(OC)cc(OC)c(OC)c3c(=O)c2OC)cc(OC)c1OC. The number of fused-ring (bicyclic) bond motifs is 1. The second-order valence-electron chi connectivity index (χ2n) is 6.23. The van der Waals surface area contributed by atoms with E-state index in [0.717, 1.165) is 0 Å². The Hall–Kier alpha value is -3.75. The number of ether oxygens (including phenoxy) is 7. The van der Waals surface area contributed by atoms with Gasteiger partial charge >= 0.3 is 0 Å². The van der Waals surface area contributed by atoms with Gasteiger partial charge in [-0.05, 0) is 12.1 Å². The van der Waals surface area contributed by atoms with E-state index >= 15 is 0 Å². The standard InChI is InChI=1S/C22H24O9/c1-24-12-8-11(9-13(25-2)19(12)28-5)18-22(30-7)17(23)16-20(29-6)14(26-3)10-15(27-4)21(16)31-18/h8-10H,1-7H3. The molecule has 1 heterocycles. The molecule has 2 aromatic carbocycles. The first-order valence-corrected chi connectivity index (χ1v) is 9.13. The maximum absolute atomic E-state index is 13.4. The van der Waals surface area contributed by atoms with Crippen LogP contribution in [0.1, 0.15) is 0 Å². The van der Waals surface area contributed by atoms with Gasteiger partial charge in [-0.2, -0.15) is 0 Å². The molecule has 9 nitrogen and oxygen atoms in total. The van der Waals surface area contributed by atoms with E-state index in [1.165, 1.54) is 49.8 Å². The van der Waals surface area contributed by atoms with Crippen molar-refractivity contribution in [3.63, 3.8) is 0 Å². The van der Waals surface area contributed by atoms with Crippen LogP contribution < -0.4 is 38.6 Å². The highest BCUT2D eigenvalue weighted by Gasteiger charge is 2.26. The highest BCUT2D eigenvalue weighted by atomic mass is 16.5. The fourth-order valence-electron chi connectivity index (χ4n) is 3.37. The molecule has 0 bridgehead atoms. The Morgan fingerprint density at radius 1 is 0.581 bits per heavy atom. The van der Waals surface area contributed by atoms with Crippen LogP contribution in [0.2, 0.25) is 0 Å². The molecule has 0 atom stereocenters. The molecule has 3 aromatic rings. The lowest BCUT2D eigenvalue weighted by atomic mass is 10.1. The molecule has 0 amide bonds. The van der Waals surface area contributed by atoms with Crippen molar-refractivity contribution in [1.82, 2.24) is 0 Å². The molecule has 0 saturated heterocycles. The lowest BCUT2D eigenvalue weighted by Crippen LogP contribution is -2.10. The largest absolute Gasteiger partial charge is 0.493 e. The van der Waals surface area contributed by atoms with E-state index in [1.807, 2.05) is 0 Å². The minimum Gasteiger partial charge on any atom is -0.493 e. The molecule has 31 heavy (non-hydrogen) atoms. The zero-order chi connectivity index (χ0) is 22.7. The molecule has 0 radical (unpaired) electrons. The zero-order valence-corrected chi connectivity index (χ0v) is 18.4. The van der Waals surface area contributed by atoms with Crippen LogP contribution in [0.5, 0.6) is 40.2 Å². The van der Waals surface area contributed by atoms with Gasteiger partial charge in [-0.25, -0.2) is 0 Å². The Kier molecular flexibility index (Phi) is 6.33. The normalized spacial score (nSPS) is 10.5. The van der Waals surface area contributed by atoms with Crippen molar-refractivity contribution in [3.8, 4) is 51.6 Å². The summed E-state index contributed by atoms with van der Waals surface area (Å²) in [5, 5.41) is 0.131. The fourth-order valence-corrected chi connectivity index (χ4v) is 3.37. The molecule has 0 fully saturated rings. The number of benzene rings is 2. The topological polar surface area (TPSA) is 94.8 Å². The van der Waals surface area contributed by atoms with E-state index < -0.39 is 5.43 Å². The molecule has 0 unspecified atom stereocenters. The second-order valence-corrected chi connectivity index (χ2v) is 6.23. The summed E-state index contributed by atoms with van der Waals surface area (Å²) in [7, 11) is 10.2. The smallest absolute Gasteiger partial charge is 0.239 e. The van der Waals surface area contributed by atoms with Gasteiger partial charge in [0, 0.05) is 11.6 Å². The lowest BCUT2D eigenvalue weighted by Gasteiger charge is -2.17. The molecular formula is C22H24O9. The minimum absolute atomic E-state index is 0.0321. The van der Waals surface area contributed by atoms with Crippen LogP contribution in [0, 0.1) is 0 Å². The monoisotopic (exact) mass is 432 g/mol. The van der Waals surface area contributed by atoms with Crippen molar-refractivity contribution in [3.05, 3.63) is 28.4 Å². The number of hydrogen-bond acceptors (Lipinski definition) is 9. The van der Waals surface area contributed by atoms with Gasteiger partial charge in [0.05, 0.1) is 49.8 Å². The number of rotatable bonds is 8. The Bertz CT molecular complexity index is 1140. The summed E-state index contributed by atoms with van der Waals surface area (Å²) in [6.07, 6.45) is 0. The van der Waals surface area contributed by atoms with E-state index in [4.69, 9.17) is 37.6 Å². The molecule has 0 aliphatic carbocycles. The summed E-state index contributed by atoms with van der Waals surface area (Å²) in [5.74, 6) is 2.13. The molecule has 0 aliphatic rings. The predicted molar refractivity (Wildman–Crippen MR) is 114 cm³/mol. The van der Waals surface area contributed by atoms with Gasteiger partial charge in [-0.1, -0.05) is 0 Å². The van der Waals surface area contributed by atoms with Crippen molar-refractivity contribution in [2.45, 2.75) is 0 Å². The van der Waals surface area contributed by atoms with E-state index in [1.54, 1.807) is 18.2 Å². The first kappa shape index (κ1) is 21.9. The maximum Gasteiger partial charge on any atom is 0.239 e. The van der Waals surface area contributed by atoms with E-state index in [2.05, 4.69) is 0 Å². The van der Waals surface area contributed by atoms with Crippen LogP contribution in [0.25, 0.3) is 22.3 Å². The fraction of sp³-hybridized carbons (Fsp3) is 0.318. The molecule has 166 valence electrons. The third-order valence-electron chi connectivity index (χ3n) is 4.78. The summed E-state index contributed by atoms with van der Waals surface area (Å²) in [4.78, 5) is 13.4. The summed E-state index contributed by atoms with van der Waals surface area (Å²) >= 11 is 0. The van der Waals surface area contributed by atoms with Crippen LogP contribution in [0.15, 0.2) is 27.4 Å². The van der Waals surface area contributed by atoms with Gasteiger partial charge < -0.3 is 37.6 Å². The van der Waals surface area contributed by atoms with Gasteiger partial charge in [-0.15, -0.1) is 0 Å². The van der Waals surface area contributed by atoms with Crippen molar-refractivity contribution in [2.75, 3.05) is 49.8 Å². The van der Waals surface area contributed by atoms with Gasteiger partial charge in [0.1, 0.15) is 5.39 Å². The molecular weight excluding hydrogens is 408 g/mol. The summed E-state index contributed by atoms with van der Waals surface area (Å²) in [6, 6.07) is 4.89. The van der Waals surface area contributed by atoms with Crippen molar-refractivity contribution < 1.29 is 37.6 Å². The molecule has 0 saturated carbocycles. The Labute approximate surface area is 178 Å². The highest BCUT2D eigenvalue weighted by Crippen LogP contribution is 2.46. The molecule has 0 N–H and O–H groups in total. The molecule has 0 spiro atoms. The predicted octanol–water partition coefficient (Wildman–Crippen LogP) is 3.52. The number of methoxy groups -OCH3 is 7. The summed E-state index contributed by atoms with van der Waals surface area (Å²) in [6.45, 7) is 0. The first-order valence-electron chi connectivity index (χ1n) is 9.13. The Balaban J connectivity index is 2.47. The first-order chi connectivity index (χ1) is 15.0. The van der Waals surface area contributed by atoms with Gasteiger partial charge in [0.25, 0.3) is 0 Å². The Morgan fingerprint density at radius 3 is 1.52 bits per heavy atom. The maximum atomic E-state index is 13.4. The highest BCUT2D eigenvalue weighted by molar-refractivity contribution is 5.94. The van der Waals surface area contributed by atoms with E-state index in [-0.39, 0.29) is 28.2 Å². The summed E-state index contributed by atoms with van der Waals surface area (Å²) < 4.78 is 44.0. The van der Waals surface area contributed by atoms with E-state index in [9.17, 15) is 4.79 Å². The van der Waals surface area contributed by atoms with Crippen molar-refractivity contribution in [2.24, 2.45) is 0 Å². The second kappa shape index (κ2) is 8.95. The number of hydrogen-bond donors (Lipinski definition) is 0. The average molecular weight is 432 g/mol. The molecule has 0 aliphatic heterocycles. The lowest BCUT2D eigenvalue weighted by molar-refractivity contribution is 0.324.